The van der Waals surface area contributed by atoms with E-state index in [0.29, 0.717) is 19.1 Å². The summed E-state index contributed by atoms with van der Waals surface area (Å²) in [7, 11) is 1.66. The van der Waals surface area contributed by atoms with Gasteiger partial charge < -0.3 is 15.8 Å². The molecule has 3 atom stereocenters. The summed E-state index contributed by atoms with van der Waals surface area (Å²) >= 11 is 0. The number of carbonyl (C=O) groups excluding carboxylic acids is 1. The summed E-state index contributed by atoms with van der Waals surface area (Å²) in [5, 5.41) is 2.84. The summed E-state index contributed by atoms with van der Waals surface area (Å²) in [5.41, 5.74) is 5.79. The second kappa shape index (κ2) is 9.87. The van der Waals surface area contributed by atoms with Crippen LogP contribution in [0.25, 0.3) is 0 Å². The van der Waals surface area contributed by atoms with Gasteiger partial charge in [0.25, 0.3) is 0 Å². The number of amides is 1. The highest BCUT2D eigenvalue weighted by Gasteiger charge is 2.19. The van der Waals surface area contributed by atoms with Gasteiger partial charge in [0.1, 0.15) is 0 Å². The van der Waals surface area contributed by atoms with Crippen molar-refractivity contribution in [1.29, 1.82) is 0 Å². The van der Waals surface area contributed by atoms with Crippen LogP contribution in [0, 0.1) is 11.8 Å². The molecule has 3 N–H and O–H groups in total. The minimum Gasteiger partial charge on any atom is -0.384 e. The van der Waals surface area contributed by atoms with Gasteiger partial charge >= 0.3 is 0 Å². The Morgan fingerprint density at radius 2 is 2.00 bits per heavy atom. The Morgan fingerprint density at radius 3 is 2.44 bits per heavy atom. The zero-order chi connectivity index (χ0) is 11.8. The molecule has 0 aromatic heterocycles. The van der Waals surface area contributed by atoms with E-state index >= 15 is 0 Å². The fourth-order valence-electron chi connectivity index (χ4n) is 1.25. The lowest BCUT2D eigenvalue weighted by atomic mass is 9.99. The second-order valence-corrected chi connectivity index (χ2v) is 4.22. The number of rotatable bonds is 7. The molecule has 0 fully saturated rings. The standard InChI is InChI=1S/C11H24N2O2.ClH/c1-5-9(3)10(12)11(14)13-6-8(2)7-15-4;/h8-10H,5-7,12H2,1-4H3,(H,13,14);1H. The van der Waals surface area contributed by atoms with Crippen molar-refractivity contribution in [3.05, 3.63) is 0 Å². The number of hydrogen-bond donors (Lipinski definition) is 2. The average Bonchev–Trinajstić information content (AvgIpc) is 2.24. The number of halogens is 1. The van der Waals surface area contributed by atoms with Crippen LogP contribution in [-0.4, -0.2) is 32.2 Å². The van der Waals surface area contributed by atoms with Crippen LogP contribution in [0.2, 0.25) is 0 Å². The molecule has 0 radical (unpaired) electrons. The number of methoxy groups -OCH3 is 1. The average molecular weight is 253 g/mol. The molecule has 5 heteroatoms. The van der Waals surface area contributed by atoms with Crippen molar-refractivity contribution < 1.29 is 9.53 Å². The maximum absolute atomic E-state index is 11.6. The number of carbonyl (C=O) groups is 1. The first-order chi connectivity index (χ1) is 7.02. The van der Waals surface area contributed by atoms with Gasteiger partial charge in [-0.2, -0.15) is 0 Å². The van der Waals surface area contributed by atoms with Crippen LogP contribution >= 0.6 is 12.4 Å². The van der Waals surface area contributed by atoms with Crippen LogP contribution in [0.3, 0.4) is 0 Å². The molecule has 4 nitrogen and oxygen atoms in total. The van der Waals surface area contributed by atoms with Gasteiger partial charge in [-0.3, -0.25) is 4.79 Å². The van der Waals surface area contributed by atoms with E-state index in [1.54, 1.807) is 7.11 Å². The van der Waals surface area contributed by atoms with E-state index in [0.717, 1.165) is 6.42 Å². The first kappa shape index (κ1) is 18.1. The highest BCUT2D eigenvalue weighted by molar-refractivity contribution is 5.85. The summed E-state index contributed by atoms with van der Waals surface area (Å²) in [4.78, 5) is 11.6. The van der Waals surface area contributed by atoms with Gasteiger partial charge in [0.15, 0.2) is 0 Å². The molecule has 3 unspecified atom stereocenters. The Labute approximate surface area is 105 Å². The van der Waals surface area contributed by atoms with Crippen LogP contribution < -0.4 is 11.1 Å². The lowest BCUT2D eigenvalue weighted by molar-refractivity contribution is -0.123. The Balaban J connectivity index is 0. The Bertz CT molecular complexity index is 191. The van der Waals surface area contributed by atoms with Crippen LogP contribution in [0.1, 0.15) is 27.2 Å². The van der Waals surface area contributed by atoms with Gasteiger partial charge in [-0.15, -0.1) is 12.4 Å². The Morgan fingerprint density at radius 1 is 1.44 bits per heavy atom. The number of hydrogen-bond acceptors (Lipinski definition) is 3. The predicted molar refractivity (Wildman–Crippen MR) is 68.7 cm³/mol. The maximum Gasteiger partial charge on any atom is 0.237 e. The number of nitrogens with two attached hydrogens (primary N) is 1. The molecule has 0 saturated carbocycles. The van der Waals surface area contributed by atoms with Gasteiger partial charge in [-0.05, 0) is 11.8 Å². The van der Waals surface area contributed by atoms with E-state index in [9.17, 15) is 4.79 Å². The lowest BCUT2D eigenvalue weighted by Gasteiger charge is -2.19. The van der Waals surface area contributed by atoms with E-state index in [1.165, 1.54) is 0 Å². The van der Waals surface area contributed by atoms with Gasteiger partial charge in [0, 0.05) is 13.7 Å². The zero-order valence-electron chi connectivity index (χ0n) is 10.7. The second-order valence-electron chi connectivity index (χ2n) is 4.22. The van der Waals surface area contributed by atoms with Crippen molar-refractivity contribution in [3.8, 4) is 0 Å². The van der Waals surface area contributed by atoms with Crippen molar-refractivity contribution >= 4 is 18.3 Å². The van der Waals surface area contributed by atoms with Gasteiger partial charge in [0.05, 0.1) is 12.6 Å². The summed E-state index contributed by atoms with van der Waals surface area (Å²) < 4.78 is 4.98. The van der Waals surface area contributed by atoms with Crippen LogP contribution in [0.4, 0.5) is 0 Å². The highest BCUT2D eigenvalue weighted by Crippen LogP contribution is 2.05. The van der Waals surface area contributed by atoms with Crippen LogP contribution in [0.15, 0.2) is 0 Å². The molecule has 0 aromatic rings. The summed E-state index contributed by atoms with van der Waals surface area (Å²) in [6.07, 6.45) is 0.919. The molecular formula is C11H25ClN2O2. The first-order valence-corrected chi connectivity index (χ1v) is 5.55. The van der Waals surface area contributed by atoms with Crippen molar-refractivity contribution in [3.63, 3.8) is 0 Å². The topological polar surface area (TPSA) is 64.4 Å². The molecule has 0 aromatic carbocycles. The van der Waals surface area contributed by atoms with E-state index < -0.39 is 6.04 Å². The third kappa shape index (κ3) is 7.04. The molecule has 0 aliphatic carbocycles. The van der Waals surface area contributed by atoms with Gasteiger partial charge in [-0.25, -0.2) is 0 Å². The van der Waals surface area contributed by atoms with Crippen molar-refractivity contribution in [2.24, 2.45) is 17.6 Å². The molecule has 0 rings (SSSR count). The molecule has 0 aliphatic rings. The van der Waals surface area contributed by atoms with Crippen molar-refractivity contribution in [1.82, 2.24) is 5.32 Å². The SMILES string of the molecule is CCC(C)C(N)C(=O)NCC(C)COC.Cl. The summed E-state index contributed by atoms with van der Waals surface area (Å²) in [5.74, 6) is 0.484. The lowest BCUT2D eigenvalue weighted by Crippen LogP contribution is -2.46. The van der Waals surface area contributed by atoms with E-state index in [4.69, 9.17) is 10.5 Å². The van der Waals surface area contributed by atoms with E-state index in [-0.39, 0.29) is 24.2 Å². The summed E-state index contributed by atoms with van der Waals surface area (Å²) in [6, 6.07) is -0.398. The Hall–Kier alpha value is -0.320. The molecule has 0 spiro atoms. The molecule has 0 heterocycles. The van der Waals surface area contributed by atoms with E-state index in [1.807, 2.05) is 20.8 Å². The first-order valence-electron chi connectivity index (χ1n) is 5.55. The molecule has 16 heavy (non-hydrogen) atoms. The quantitative estimate of drug-likeness (QED) is 0.715. The molecule has 0 saturated heterocycles. The molecule has 1 amide bonds. The number of nitrogens with one attached hydrogen (secondary N) is 1. The summed E-state index contributed by atoms with van der Waals surface area (Å²) in [6.45, 7) is 7.32. The predicted octanol–water partition coefficient (Wildman–Crippen LogP) is 1.18. The minimum atomic E-state index is -0.398. The fraction of sp³-hybridized carbons (Fsp3) is 0.909. The van der Waals surface area contributed by atoms with Crippen LogP contribution in [-0.2, 0) is 9.53 Å². The third-order valence-electron chi connectivity index (χ3n) is 2.64. The molecular weight excluding hydrogens is 228 g/mol. The van der Waals surface area contributed by atoms with Gasteiger partial charge in [0.2, 0.25) is 5.91 Å². The number of ether oxygens (including phenoxy) is 1. The van der Waals surface area contributed by atoms with Crippen molar-refractivity contribution in [2.45, 2.75) is 33.2 Å². The normalized spacial score (nSPS) is 15.8. The van der Waals surface area contributed by atoms with Crippen LogP contribution in [0.5, 0.6) is 0 Å². The largest absolute Gasteiger partial charge is 0.384 e. The molecule has 0 aliphatic heterocycles. The maximum atomic E-state index is 11.6. The molecule has 0 bridgehead atoms. The van der Waals surface area contributed by atoms with E-state index in [2.05, 4.69) is 5.32 Å². The molecule has 98 valence electrons. The Kier molecular flexibility index (Phi) is 11.1. The van der Waals surface area contributed by atoms with Crippen molar-refractivity contribution in [2.75, 3.05) is 20.3 Å². The zero-order valence-corrected chi connectivity index (χ0v) is 11.5. The third-order valence-corrected chi connectivity index (χ3v) is 2.64. The van der Waals surface area contributed by atoms with Gasteiger partial charge in [-0.1, -0.05) is 27.2 Å². The minimum absolute atomic E-state index is 0. The fourth-order valence-corrected chi connectivity index (χ4v) is 1.25. The highest BCUT2D eigenvalue weighted by atomic mass is 35.5. The monoisotopic (exact) mass is 252 g/mol. The smallest absolute Gasteiger partial charge is 0.237 e.